The van der Waals surface area contributed by atoms with Crippen molar-refractivity contribution >= 4 is 23.1 Å². The van der Waals surface area contributed by atoms with Crippen LogP contribution in [0.5, 0.6) is 0 Å². The number of anilines is 1. The van der Waals surface area contributed by atoms with Gasteiger partial charge in [-0.3, -0.25) is 4.68 Å². The number of hydrogen-bond donors (Lipinski definition) is 1. The van der Waals surface area contributed by atoms with Gasteiger partial charge in [-0.05, 0) is 12.1 Å². The fraction of sp³-hybridized carbons (Fsp3) is 0.167. The molecular formula is C12H12ClN5. The molecule has 0 bridgehead atoms. The third kappa shape index (κ3) is 2.17. The van der Waals surface area contributed by atoms with Gasteiger partial charge in [0.1, 0.15) is 11.5 Å². The number of rotatable bonds is 3. The molecule has 3 rings (SSSR count). The Morgan fingerprint density at radius 1 is 1.28 bits per heavy atom. The Hall–Kier alpha value is -2.01. The number of aryl methyl sites for hydroxylation is 1. The van der Waals surface area contributed by atoms with Gasteiger partial charge in [0.05, 0.1) is 17.3 Å². The average molecular weight is 262 g/mol. The number of pyridine rings is 1. The molecule has 3 aromatic rings. The van der Waals surface area contributed by atoms with Gasteiger partial charge < -0.3 is 9.72 Å². The summed E-state index contributed by atoms with van der Waals surface area (Å²) in [6.45, 7) is 0.635. The zero-order valence-electron chi connectivity index (χ0n) is 9.84. The van der Waals surface area contributed by atoms with Gasteiger partial charge in [0, 0.05) is 31.7 Å². The fourth-order valence-electron chi connectivity index (χ4n) is 1.79. The maximum atomic E-state index is 5.93. The zero-order chi connectivity index (χ0) is 12.5. The molecule has 3 heterocycles. The number of halogens is 1. The highest BCUT2D eigenvalue weighted by atomic mass is 35.5. The highest BCUT2D eigenvalue weighted by Gasteiger charge is 2.02. The lowest BCUT2D eigenvalue weighted by molar-refractivity contribution is 0.768. The number of aromatic nitrogens is 4. The monoisotopic (exact) mass is 261 g/mol. The molecule has 0 atom stereocenters. The van der Waals surface area contributed by atoms with E-state index >= 15 is 0 Å². The van der Waals surface area contributed by atoms with E-state index in [4.69, 9.17) is 11.6 Å². The molecule has 0 spiro atoms. The molecule has 0 amide bonds. The van der Waals surface area contributed by atoms with Crippen LogP contribution in [0, 0.1) is 0 Å². The summed E-state index contributed by atoms with van der Waals surface area (Å²) in [5.74, 6) is 0.840. The number of imidazole rings is 1. The van der Waals surface area contributed by atoms with E-state index in [0.29, 0.717) is 11.6 Å². The van der Waals surface area contributed by atoms with E-state index in [1.54, 1.807) is 4.68 Å². The van der Waals surface area contributed by atoms with Crippen molar-refractivity contribution in [2.24, 2.45) is 7.05 Å². The summed E-state index contributed by atoms with van der Waals surface area (Å²) in [5.41, 5.74) is 1.83. The predicted molar refractivity (Wildman–Crippen MR) is 70.7 cm³/mol. The van der Waals surface area contributed by atoms with Gasteiger partial charge in [-0.25, -0.2) is 4.98 Å². The Bertz CT molecular complexity index is 685. The molecule has 0 aliphatic rings. The van der Waals surface area contributed by atoms with Crippen LogP contribution in [0.25, 0.3) is 5.65 Å². The minimum Gasteiger partial charge on any atom is -0.363 e. The molecular weight excluding hydrogens is 250 g/mol. The van der Waals surface area contributed by atoms with E-state index in [9.17, 15) is 0 Å². The Morgan fingerprint density at radius 3 is 2.94 bits per heavy atom. The minimum absolute atomic E-state index is 0.635. The van der Waals surface area contributed by atoms with Gasteiger partial charge in [-0.1, -0.05) is 11.6 Å². The van der Waals surface area contributed by atoms with E-state index in [1.165, 1.54) is 0 Å². The maximum Gasteiger partial charge on any atom is 0.148 e. The maximum absolute atomic E-state index is 5.93. The first kappa shape index (κ1) is 11.1. The van der Waals surface area contributed by atoms with E-state index in [0.717, 1.165) is 17.2 Å². The van der Waals surface area contributed by atoms with Crippen LogP contribution in [0.3, 0.4) is 0 Å². The van der Waals surface area contributed by atoms with Gasteiger partial charge in [0.25, 0.3) is 0 Å². The number of hydrogen-bond acceptors (Lipinski definition) is 3. The summed E-state index contributed by atoms with van der Waals surface area (Å²) in [7, 11) is 1.89. The topological polar surface area (TPSA) is 47.2 Å². The van der Waals surface area contributed by atoms with Crippen molar-refractivity contribution in [3.05, 3.63) is 47.5 Å². The van der Waals surface area contributed by atoms with E-state index in [-0.39, 0.29) is 0 Å². The van der Waals surface area contributed by atoms with Crippen molar-refractivity contribution in [1.29, 1.82) is 0 Å². The lowest BCUT2D eigenvalue weighted by Gasteiger charge is -1.98. The smallest absolute Gasteiger partial charge is 0.148 e. The summed E-state index contributed by atoms with van der Waals surface area (Å²) in [4.78, 5) is 4.48. The molecule has 0 fully saturated rings. The van der Waals surface area contributed by atoms with Gasteiger partial charge in [0.2, 0.25) is 0 Å². The SMILES string of the molecule is Cn1ccc(NCc2cn3cc(Cl)ccc3n2)n1. The highest BCUT2D eigenvalue weighted by Crippen LogP contribution is 2.12. The summed E-state index contributed by atoms with van der Waals surface area (Å²) >= 11 is 5.93. The molecule has 1 N–H and O–H groups in total. The fourth-order valence-corrected chi connectivity index (χ4v) is 1.96. The van der Waals surface area contributed by atoms with Crippen LogP contribution in [-0.4, -0.2) is 19.2 Å². The first-order valence-electron chi connectivity index (χ1n) is 5.57. The molecule has 5 nitrogen and oxygen atoms in total. The second-order valence-corrected chi connectivity index (χ2v) is 4.51. The van der Waals surface area contributed by atoms with Crippen molar-refractivity contribution < 1.29 is 0 Å². The predicted octanol–water partition coefficient (Wildman–Crippen LogP) is 2.33. The molecule has 0 saturated heterocycles. The lowest BCUT2D eigenvalue weighted by Crippen LogP contribution is -2.00. The summed E-state index contributed by atoms with van der Waals surface area (Å²) in [6, 6.07) is 5.65. The van der Waals surface area contributed by atoms with Crippen molar-refractivity contribution in [3.8, 4) is 0 Å². The normalized spacial score (nSPS) is 11.0. The highest BCUT2D eigenvalue weighted by molar-refractivity contribution is 6.30. The Balaban J connectivity index is 1.78. The van der Waals surface area contributed by atoms with Crippen LogP contribution in [0.1, 0.15) is 5.69 Å². The van der Waals surface area contributed by atoms with Crippen molar-refractivity contribution in [3.63, 3.8) is 0 Å². The van der Waals surface area contributed by atoms with Crippen LogP contribution in [0.4, 0.5) is 5.82 Å². The minimum atomic E-state index is 0.635. The molecule has 0 aliphatic heterocycles. The summed E-state index contributed by atoms with van der Waals surface area (Å²) in [5, 5.41) is 8.16. The van der Waals surface area contributed by atoms with E-state index in [2.05, 4.69) is 15.4 Å². The first-order chi connectivity index (χ1) is 8.70. The second kappa shape index (κ2) is 4.34. The lowest BCUT2D eigenvalue weighted by atomic mass is 10.4. The van der Waals surface area contributed by atoms with Crippen LogP contribution >= 0.6 is 11.6 Å². The van der Waals surface area contributed by atoms with E-state index in [1.807, 2.05) is 48.2 Å². The van der Waals surface area contributed by atoms with Gasteiger partial charge in [0.15, 0.2) is 0 Å². The van der Waals surface area contributed by atoms with E-state index < -0.39 is 0 Å². The summed E-state index contributed by atoms with van der Waals surface area (Å²) < 4.78 is 3.67. The zero-order valence-corrected chi connectivity index (χ0v) is 10.6. The largest absolute Gasteiger partial charge is 0.363 e. The third-order valence-electron chi connectivity index (χ3n) is 2.63. The molecule has 0 aromatic carbocycles. The molecule has 0 radical (unpaired) electrons. The molecule has 18 heavy (non-hydrogen) atoms. The molecule has 0 saturated carbocycles. The first-order valence-corrected chi connectivity index (χ1v) is 5.95. The molecule has 3 aromatic heterocycles. The van der Waals surface area contributed by atoms with Crippen molar-refractivity contribution in [2.45, 2.75) is 6.54 Å². The van der Waals surface area contributed by atoms with Crippen LogP contribution in [-0.2, 0) is 13.6 Å². The number of fused-ring (bicyclic) bond motifs is 1. The number of nitrogens with one attached hydrogen (secondary N) is 1. The van der Waals surface area contributed by atoms with Crippen molar-refractivity contribution in [2.75, 3.05) is 5.32 Å². The van der Waals surface area contributed by atoms with Crippen LogP contribution < -0.4 is 5.32 Å². The Labute approximate surface area is 109 Å². The second-order valence-electron chi connectivity index (χ2n) is 4.07. The van der Waals surface area contributed by atoms with Crippen LogP contribution in [0.2, 0.25) is 5.02 Å². The molecule has 6 heteroatoms. The molecule has 0 aliphatic carbocycles. The molecule has 0 unspecified atom stereocenters. The van der Waals surface area contributed by atoms with Crippen molar-refractivity contribution in [1.82, 2.24) is 19.2 Å². The van der Waals surface area contributed by atoms with Gasteiger partial charge in [-0.15, -0.1) is 0 Å². The Morgan fingerprint density at radius 2 is 2.17 bits per heavy atom. The standard InChI is InChI=1S/C12H12ClN5/c1-17-5-4-11(16-17)14-6-10-8-18-7-9(13)2-3-12(18)15-10/h2-5,7-8H,6H2,1H3,(H,14,16). The Kier molecular flexibility index (Phi) is 2.68. The summed E-state index contributed by atoms with van der Waals surface area (Å²) in [6.07, 6.45) is 5.69. The number of nitrogens with zero attached hydrogens (tertiary/aromatic N) is 4. The third-order valence-corrected chi connectivity index (χ3v) is 2.85. The average Bonchev–Trinajstić information content (AvgIpc) is 2.92. The quantitative estimate of drug-likeness (QED) is 0.787. The van der Waals surface area contributed by atoms with Crippen LogP contribution in [0.15, 0.2) is 36.8 Å². The van der Waals surface area contributed by atoms with Gasteiger partial charge in [-0.2, -0.15) is 5.10 Å². The van der Waals surface area contributed by atoms with Gasteiger partial charge >= 0.3 is 0 Å². The molecule has 92 valence electrons.